The van der Waals surface area contributed by atoms with Crippen molar-refractivity contribution < 1.29 is 14.0 Å². The molecular weight excluding hydrogens is 246 g/mol. The average Bonchev–Trinajstić information content (AvgIpc) is 3.02. The Bertz CT molecular complexity index is 426. The molecule has 1 aromatic rings. The lowest BCUT2D eigenvalue weighted by Crippen LogP contribution is -2.42. The highest BCUT2D eigenvalue weighted by Gasteiger charge is 2.23. The van der Waals surface area contributed by atoms with Gasteiger partial charge in [-0.05, 0) is 25.0 Å². The average molecular weight is 265 g/mol. The first-order valence-electron chi connectivity index (χ1n) is 6.47. The van der Waals surface area contributed by atoms with Crippen LogP contribution in [0.3, 0.4) is 0 Å². The molecule has 0 spiro atoms. The standard InChI is InChI=1S/C13H19N3O3/c1-10(17)16(9-12-3-2-8-19-12)7-6-14-13(18)15-11-4-5-11/h2-3,8,11H,4-7,9H2,1H3,(H2,14,15,18). The maximum atomic E-state index is 11.5. The third kappa shape index (κ3) is 4.65. The third-order valence-corrected chi connectivity index (χ3v) is 2.95. The minimum absolute atomic E-state index is 0.0409. The van der Waals surface area contributed by atoms with Gasteiger partial charge in [-0.3, -0.25) is 4.79 Å². The van der Waals surface area contributed by atoms with Gasteiger partial charge in [-0.1, -0.05) is 0 Å². The van der Waals surface area contributed by atoms with Crippen molar-refractivity contribution in [3.05, 3.63) is 24.2 Å². The number of hydrogen-bond donors (Lipinski definition) is 2. The van der Waals surface area contributed by atoms with Gasteiger partial charge < -0.3 is 20.0 Å². The molecule has 1 saturated carbocycles. The van der Waals surface area contributed by atoms with Crippen molar-refractivity contribution in [3.8, 4) is 0 Å². The summed E-state index contributed by atoms with van der Waals surface area (Å²) in [4.78, 5) is 24.5. The van der Waals surface area contributed by atoms with Crippen molar-refractivity contribution in [2.24, 2.45) is 0 Å². The number of urea groups is 1. The summed E-state index contributed by atoms with van der Waals surface area (Å²) in [6.45, 7) is 2.83. The fraction of sp³-hybridized carbons (Fsp3) is 0.538. The minimum Gasteiger partial charge on any atom is -0.467 e. The number of amides is 3. The molecule has 2 N–H and O–H groups in total. The SMILES string of the molecule is CC(=O)N(CCNC(=O)NC1CC1)Cc1ccco1. The summed E-state index contributed by atoms with van der Waals surface area (Å²) in [5.41, 5.74) is 0. The molecule has 0 aliphatic heterocycles. The number of carbonyl (C=O) groups excluding carboxylic acids is 2. The zero-order valence-electron chi connectivity index (χ0n) is 11.0. The number of furan rings is 1. The Morgan fingerprint density at radius 1 is 1.47 bits per heavy atom. The van der Waals surface area contributed by atoms with Crippen molar-refractivity contribution in [2.75, 3.05) is 13.1 Å². The molecule has 0 atom stereocenters. The number of rotatable bonds is 6. The highest BCUT2D eigenvalue weighted by Crippen LogP contribution is 2.18. The summed E-state index contributed by atoms with van der Waals surface area (Å²) in [5, 5.41) is 5.57. The van der Waals surface area contributed by atoms with Crippen molar-refractivity contribution in [2.45, 2.75) is 32.4 Å². The van der Waals surface area contributed by atoms with Crippen LogP contribution in [0.4, 0.5) is 4.79 Å². The molecule has 1 aliphatic carbocycles. The maximum Gasteiger partial charge on any atom is 0.315 e. The Hall–Kier alpha value is -1.98. The molecule has 1 heterocycles. The van der Waals surface area contributed by atoms with Crippen LogP contribution in [0.15, 0.2) is 22.8 Å². The maximum absolute atomic E-state index is 11.5. The molecule has 6 nitrogen and oxygen atoms in total. The molecule has 1 fully saturated rings. The van der Waals surface area contributed by atoms with Crippen LogP contribution in [0.25, 0.3) is 0 Å². The number of nitrogens with one attached hydrogen (secondary N) is 2. The molecule has 3 amide bonds. The normalized spacial score (nSPS) is 13.9. The highest BCUT2D eigenvalue weighted by atomic mass is 16.3. The van der Waals surface area contributed by atoms with Gasteiger partial charge >= 0.3 is 6.03 Å². The van der Waals surface area contributed by atoms with E-state index in [-0.39, 0.29) is 11.9 Å². The van der Waals surface area contributed by atoms with Gasteiger partial charge in [0.25, 0.3) is 0 Å². The van der Waals surface area contributed by atoms with Crippen molar-refractivity contribution in [1.82, 2.24) is 15.5 Å². The molecule has 0 unspecified atom stereocenters. The van der Waals surface area contributed by atoms with E-state index in [1.54, 1.807) is 17.2 Å². The summed E-state index contributed by atoms with van der Waals surface area (Å²) in [7, 11) is 0. The molecule has 1 aromatic heterocycles. The lowest BCUT2D eigenvalue weighted by atomic mass is 10.3. The van der Waals surface area contributed by atoms with E-state index in [4.69, 9.17) is 4.42 Å². The molecule has 0 bridgehead atoms. The Kier molecular flexibility index (Phi) is 4.43. The summed E-state index contributed by atoms with van der Waals surface area (Å²) in [5.74, 6) is 0.693. The Morgan fingerprint density at radius 2 is 2.26 bits per heavy atom. The fourth-order valence-corrected chi connectivity index (χ4v) is 1.71. The number of nitrogens with zero attached hydrogens (tertiary/aromatic N) is 1. The molecule has 0 radical (unpaired) electrons. The summed E-state index contributed by atoms with van der Waals surface area (Å²) < 4.78 is 5.21. The van der Waals surface area contributed by atoms with E-state index >= 15 is 0 Å². The van der Waals surface area contributed by atoms with Crippen molar-refractivity contribution >= 4 is 11.9 Å². The number of carbonyl (C=O) groups is 2. The molecular formula is C13H19N3O3. The highest BCUT2D eigenvalue weighted by molar-refractivity contribution is 5.75. The van der Waals surface area contributed by atoms with E-state index in [1.165, 1.54) is 6.92 Å². The van der Waals surface area contributed by atoms with E-state index in [2.05, 4.69) is 10.6 Å². The minimum atomic E-state index is -0.163. The first kappa shape index (κ1) is 13.5. The van der Waals surface area contributed by atoms with Gasteiger partial charge in [-0.25, -0.2) is 4.79 Å². The largest absolute Gasteiger partial charge is 0.467 e. The fourth-order valence-electron chi connectivity index (χ4n) is 1.71. The zero-order valence-corrected chi connectivity index (χ0v) is 11.0. The van der Waals surface area contributed by atoms with Crippen LogP contribution in [0.1, 0.15) is 25.5 Å². The van der Waals surface area contributed by atoms with Crippen molar-refractivity contribution in [1.29, 1.82) is 0 Å². The molecule has 1 aliphatic rings. The summed E-state index contributed by atoms with van der Waals surface area (Å²) >= 11 is 0. The monoisotopic (exact) mass is 265 g/mol. The molecule has 2 rings (SSSR count). The quantitative estimate of drug-likeness (QED) is 0.808. The van der Waals surface area contributed by atoms with Crippen LogP contribution in [0.2, 0.25) is 0 Å². The second-order valence-electron chi connectivity index (χ2n) is 4.69. The van der Waals surface area contributed by atoms with E-state index in [9.17, 15) is 9.59 Å². The van der Waals surface area contributed by atoms with Crippen molar-refractivity contribution in [3.63, 3.8) is 0 Å². The van der Waals surface area contributed by atoms with Gasteiger partial charge in [0.2, 0.25) is 5.91 Å². The first-order valence-corrected chi connectivity index (χ1v) is 6.47. The lowest BCUT2D eigenvalue weighted by molar-refractivity contribution is -0.129. The lowest BCUT2D eigenvalue weighted by Gasteiger charge is -2.20. The van der Waals surface area contributed by atoms with E-state index in [0.717, 1.165) is 18.6 Å². The van der Waals surface area contributed by atoms with Gasteiger partial charge in [-0.2, -0.15) is 0 Å². The van der Waals surface area contributed by atoms with E-state index < -0.39 is 0 Å². The predicted octanol–water partition coefficient (Wildman–Crippen LogP) is 1.09. The molecule has 19 heavy (non-hydrogen) atoms. The zero-order chi connectivity index (χ0) is 13.7. The van der Waals surface area contributed by atoms with Gasteiger partial charge in [0, 0.05) is 26.1 Å². The van der Waals surface area contributed by atoms with Gasteiger partial charge in [-0.15, -0.1) is 0 Å². The molecule has 0 saturated heterocycles. The molecule has 0 aromatic carbocycles. The third-order valence-electron chi connectivity index (χ3n) is 2.95. The number of hydrogen-bond acceptors (Lipinski definition) is 3. The van der Waals surface area contributed by atoms with Crippen LogP contribution < -0.4 is 10.6 Å². The summed E-state index contributed by atoms with van der Waals surface area (Å²) in [6, 6.07) is 3.79. The first-order chi connectivity index (χ1) is 9.15. The van der Waals surface area contributed by atoms with Crippen LogP contribution in [0.5, 0.6) is 0 Å². The molecule has 6 heteroatoms. The Labute approximate surface area is 112 Å². The van der Waals surface area contributed by atoms with Gasteiger partial charge in [0.05, 0.1) is 12.8 Å². The summed E-state index contributed by atoms with van der Waals surface area (Å²) in [6.07, 6.45) is 3.70. The second kappa shape index (κ2) is 6.26. The smallest absolute Gasteiger partial charge is 0.315 e. The Morgan fingerprint density at radius 3 is 2.84 bits per heavy atom. The van der Waals surface area contributed by atoms with Gasteiger partial charge in [0.15, 0.2) is 0 Å². The predicted molar refractivity (Wildman–Crippen MR) is 69.4 cm³/mol. The van der Waals surface area contributed by atoms with Gasteiger partial charge in [0.1, 0.15) is 5.76 Å². The topological polar surface area (TPSA) is 74.6 Å². The Balaban J connectivity index is 1.70. The van der Waals surface area contributed by atoms with Crippen LogP contribution in [-0.4, -0.2) is 36.0 Å². The van der Waals surface area contributed by atoms with Crippen LogP contribution in [-0.2, 0) is 11.3 Å². The van der Waals surface area contributed by atoms with Crippen LogP contribution >= 0.6 is 0 Å². The molecule has 104 valence electrons. The van der Waals surface area contributed by atoms with Crippen LogP contribution in [0, 0.1) is 0 Å². The van der Waals surface area contributed by atoms with E-state index in [0.29, 0.717) is 25.7 Å². The van der Waals surface area contributed by atoms with E-state index in [1.807, 2.05) is 6.07 Å². The second-order valence-corrected chi connectivity index (χ2v) is 4.69.